The number of nitriles is 1. The van der Waals surface area contributed by atoms with Gasteiger partial charge in [0.2, 0.25) is 0 Å². The molecule has 0 aliphatic carbocycles. The number of nitrogens with zero attached hydrogens (tertiary/aromatic N) is 2. The van der Waals surface area contributed by atoms with Crippen molar-refractivity contribution >= 4 is 11.6 Å². The lowest BCUT2D eigenvalue weighted by molar-refractivity contribution is -0.130. The van der Waals surface area contributed by atoms with Crippen molar-refractivity contribution in [1.82, 2.24) is 4.90 Å². The zero-order valence-corrected chi connectivity index (χ0v) is 10.2. The molecule has 90 valence electrons. The smallest absolute Gasteiger partial charge is 0.259 e. The molecule has 0 aliphatic heterocycles. The second-order valence-corrected chi connectivity index (χ2v) is 3.91. The first-order chi connectivity index (χ1) is 7.95. The number of rotatable bonds is 3. The number of amides is 1. The van der Waals surface area contributed by atoms with Crippen molar-refractivity contribution in [2.75, 3.05) is 26.4 Å². The third-order valence-electron chi connectivity index (χ3n) is 2.26. The Labute approximate surface area is 100 Å². The number of carbonyl (C=O) groups is 1. The van der Waals surface area contributed by atoms with Crippen LogP contribution in [0.1, 0.15) is 11.1 Å². The zero-order valence-electron chi connectivity index (χ0n) is 10.2. The molecule has 1 amide bonds. The van der Waals surface area contributed by atoms with Gasteiger partial charge in [-0.05, 0) is 24.6 Å². The number of ether oxygens (including phenoxy) is 1. The van der Waals surface area contributed by atoms with Gasteiger partial charge in [0.05, 0.1) is 11.3 Å². The summed E-state index contributed by atoms with van der Waals surface area (Å²) in [7, 11) is 3.29. The highest BCUT2D eigenvalue weighted by molar-refractivity contribution is 5.77. The number of likely N-dealkylation sites (N-methyl/N-ethyl adjacent to an activating group) is 1. The molecule has 0 radical (unpaired) electrons. The minimum Gasteiger partial charge on any atom is -0.482 e. The minimum absolute atomic E-state index is 0.0917. The van der Waals surface area contributed by atoms with Crippen molar-refractivity contribution in [1.29, 1.82) is 5.26 Å². The van der Waals surface area contributed by atoms with Crippen LogP contribution in [0.2, 0.25) is 0 Å². The highest BCUT2D eigenvalue weighted by Gasteiger charge is 2.10. The second kappa shape index (κ2) is 5.21. The molecule has 1 rings (SSSR count). The predicted molar refractivity (Wildman–Crippen MR) is 64.5 cm³/mol. The fraction of sp³-hybridized carbons (Fsp3) is 0.333. The van der Waals surface area contributed by atoms with Crippen LogP contribution in [-0.2, 0) is 4.79 Å². The van der Waals surface area contributed by atoms with Crippen molar-refractivity contribution in [2.45, 2.75) is 6.92 Å². The standard InChI is InChI=1S/C12H15N3O2/c1-8-4-9(6-13)12(14)10(5-8)17-7-11(16)15(2)3/h4-5H,7,14H2,1-3H3. The van der Waals surface area contributed by atoms with E-state index in [1.807, 2.05) is 13.0 Å². The molecule has 0 fully saturated rings. The van der Waals surface area contributed by atoms with E-state index < -0.39 is 0 Å². The molecule has 1 aromatic rings. The lowest BCUT2D eigenvalue weighted by atomic mass is 10.1. The Morgan fingerprint density at radius 1 is 1.53 bits per heavy atom. The Kier molecular flexibility index (Phi) is 3.94. The van der Waals surface area contributed by atoms with Gasteiger partial charge in [-0.25, -0.2) is 0 Å². The second-order valence-electron chi connectivity index (χ2n) is 3.91. The predicted octanol–water partition coefficient (Wildman–Crippen LogP) is 0.916. The Bertz CT molecular complexity index is 475. The van der Waals surface area contributed by atoms with Crippen molar-refractivity contribution < 1.29 is 9.53 Å². The number of aryl methyl sites for hydroxylation is 1. The molecule has 1 aromatic carbocycles. The maximum Gasteiger partial charge on any atom is 0.259 e. The van der Waals surface area contributed by atoms with Crippen LogP contribution in [0.3, 0.4) is 0 Å². The summed E-state index contributed by atoms with van der Waals surface area (Å²) in [6, 6.07) is 5.37. The summed E-state index contributed by atoms with van der Waals surface area (Å²) in [6.45, 7) is 1.74. The first-order valence-electron chi connectivity index (χ1n) is 5.09. The molecule has 0 atom stereocenters. The molecule has 0 aliphatic rings. The molecule has 0 heterocycles. The van der Waals surface area contributed by atoms with Crippen molar-refractivity contribution in [2.24, 2.45) is 0 Å². The molecule has 5 nitrogen and oxygen atoms in total. The van der Waals surface area contributed by atoms with E-state index in [-0.39, 0.29) is 18.2 Å². The normalized spacial score (nSPS) is 9.53. The molecule has 0 saturated heterocycles. The van der Waals surface area contributed by atoms with E-state index in [1.54, 1.807) is 26.2 Å². The van der Waals surface area contributed by atoms with Gasteiger partial charge in [0, 0.05) is 14.1 Å². The largest absolute Gasteiger partial charge is 0.482 e. The van der Waals surface area contributed by atoms with Gasteiger partial charge in [0.25, 0.3) is 5.91 Å². The fourth-order valence-electron chi connectivity index (χ4n) is 1.24. The average molecular weight is 233 g/mol. The molecule has 5 heteroatoms. The van der Waals surface area contributed by atoms with Gasteiger partial charge < -0.3 is 15.4 Å². The van der Waals surface area contributed by atoms with Crippen LogP contribution in [0.5, 0.6) is 5.75 Å². The van der Waals surface area contributed by atoms with Crippen LogP contribution in [0.4, 0.5) is 5.69 Å². The average Bonchev–Trinajstić information content (AvgIpc) is 2.29. The minimum atomic E-state index is -0.163. The molecular weight excluding hydrogens is 218 g/mol. The summed E-state index contributed by atoms with van der Waals surface area (Å²) in [5.41, 5.74) is 7.24. The van der Waals surface area contributed by atoms with Crippen LogP contribution in [0, 0.1) is 18.3 Å². The van der Waals surface area contributed by atoms with Gasteiger partial charge in [-0.2, -0.15) is 5.26 Å². The van der Waals surface area contributed by atoms with Crippen molar-refractivity contribution in [3.63, 3.8) is 0 Å². The summed E-state index contributed by atoms with van der Waals surface area (Å²) in [6.07, 6.45) is 0. The van der Waals surface area contributed by atoms with E-state index >= 15 is 0 Å². The van der Waals surface area contributed by atoms with Crippen LogP contribution >= 0.6 is 0 Å². The Hall–Kier alpha value is -2.22. The first-order valence-corrected chi connectivity index (χ1v) is 5.09. The Morgan fingerprint density at radius 3 is 2.71 bits per heavy atom. The number of anilines is 1. The van der Waals surface area contributed by atoms with Crippen molar-refractivity contribution in [3.05, 3.63) is 23.3 Å². The van der Waals surface area contributed by atoms with E-state index in [0.29, 0.717) is 11.3 Å². The topological polar surface area (TPSA) is 79.4 Å². The van der Waals surface area contributed by atoms with Crippen LogP contribution in [0.25, 0.3) is 0 Å². The van der Waals surface area contributed by atoms with Gasteiger partial charge in [-0.15, -0.1) is 0 Å². The van der Waals surface area contributed by atoms with E-state index in [2.05, 4.69) is 0 Å². The van der Waals surface area contributed by atoms with Gasteiger partial charge in [-0.1, -0.05) is 0 Å². The summed E-state index contributed by atoms with van der Waals surface area (Å²) in [5.74, 6) is 0.209. The quantitative estimate of drug-likeness (QED) is 0.787. The highest BCUT2D eigenvalue weighted by Crippen LogP contribution is 2.26. The fourth-order valence-corrected chi connectivity index (χ4v) is 1.24. The zero-order chi connectivity index (χ0) is 13.0. The molecule has 0 unspecified atom stereocenters. The molecule has 0 spiro atoms. The summed E-state index contributed by atoms with van der Waals surface area (Å²) in [4.78, 5) is 12.8. The number of nitrogens with two attached hydrogens (primary N) is 1. The van der Waals surface area contributed by atoms with Gasteiger partial charge in [0.15, 0.2) is 6.61 Å². The van der Waals surface area contributed by atoms with E-state index in [1.165, 1.54) is 4.90 Å². The molecular formula is C12H15N3O2. The Morgan fingerprint density at radius 2 is 2.18 bits per heavy atom. The number of carbonyl (C=O) groups excluding carboxylic acids is 1. The SMILES string of the molecule is Cc1cc(C#N)c(N)c(OCC(=O)N(C)C)c1. The monoisotopic (exact) mass is 233 g/mol. The van der Waals surface area contributed by atoms with Crippen LogP contribution in [-0.4, -0.2) is 31.5 Å². The van der Waals surface area contributed by atoms with Gasteiger partial charge >= 0.3 is 0 Å². The maximum absolute atomic E-state index is 11.4. The lowest BCUT2D eigenvalue weighted by Crippen LogP contribution is -2.27. The maximum atomic E-state index is 11.4. The van der Waals surface area contributed by atoms with E-state index in [9.17, 15) is 4.79 Å². The number of hydrogen-bond acceptors (Lipinski definition) is 4. The summed E-state index contributed by atoms with van der Waals surface area (Å²) in [5, 5.41) is 8.87. The number of nitrogen functional groups attached to an aromatic ring is 1. The van der Waals surface area contributed by atoms with Crippen LogP contribution in [0.15, 0.2) is 12.1 Å². The Balaban J connectivity index is 2.89. The number of benzene rings is 1. The summed E-state index contributed by atoms with van der Waals surface area (Å²) < 4.78 is 5.32. The number of hydrogen-bond donors (Lipinski definition) is 1. The molecule has 17 heavy (non-hydrogen) atoms. The van der Waals surface area contributed by atoms with Crippen molar-refractivity contribution in [3.8, 4) is 11.8 Å². The van der Waals surface area contributed by atoms with Gasteiger partial charge in [-0.3, -0.25) is 4.79 Å². The van der Waals surface area contributed by atoms with Gasteiger partial charge in [0.1, 0.15) is 11.8 Å². The third kappa shape index (κ3) is 3.11. The third-order valence-corrected chi connectivity index (χ3v) is 2.26. The van der Waals surface area contributed by atoms with Crippen LogP contribution < -0.4 is 10.5 Å². The molecule has 0 saturated carbocycles. The molecule has 2 N–H and O–H groups in total. The highest BCUT2D eigenvalue weighted by atomic mass is 16.5. The van der Waals surface area contributed by atoms with E-state index in [4.69, 9.17) is 15.7 Å². The lowest BCUT2D eigenvalue weighted by Gasteiger charge is -2.13. The first kappa shape index (κ1) is 12.8. The van der Waals surface area contributed by atoms with E-state index in [0.717, 1.165) is 5.56 Å². The molecule has 0 aromatic heterocycles. The molecule has 0 bridgehead atoms. The summed E-state index contributed by atoms with van der Waals surface area (Å²) >= 11 is 0.